The molecule has 0 aromatic carbocycles. The van der Waals surface area contributed by atoms with Gasteiger partial charge in [0.05, 0.1) is 17.9 Å². The highest BCUT2D eigenvalue weighted by Crippen LogP contribution is 2.24. The van der Waals surface area contributed by atoms with Crippen LogP contribution in [0.2, 0.25) is 0 Å². The molecule has 0 aliphatic carbocycles. The number of nitrogens with one attached hydrogen (secondary N) is 1. The molecule has 2 aromatic heterocycles. The van der Waals surface area contributed by atoms with Crippen molar-refractivity contribution in [3.8, 4) is 11.3 Å². The Morgan fingerprint density at radius 1 is 1.18 bits per heavy atom. The topological polar surface area (TPSA) is 55.6 Å². The molecule has 1 fully saturated rings. The Morgan fingerprint density at radius 3 is 2.71 bits per heavy atom. The van der Waals surface area contributed by atoms with Crippen LogP contribution in [0.25, 0.3) is 11.3 Å². The van der Waals surface area contributed by atoms with Crippen molar-refractivity contribution in [2.45, 2.75) is 18.9 Å². The third-order valence-corrected chi connectivity index (χ3v) is 3.21. The van der Waals surface area contributed by atoms with E-state index < -0.39 is 0 Å². The highest BCUT2D eigenvalue weighted by atomic mass is 15.4. The second-order valence-corrected chi connectivity index (χ2v) is 4.28. The molecule has 0 radical (unpaired) electrons. The summed E-state index contributed by atoms with van der Waals surface area (Å²) < 4.78 is 2.05. The summed E-state index contributed by atoms with van der Waals surface area (Å²) in [6, 6.07) is 4.45. The van der Waals surface area contributed by atoms with Crippen LogP contribution in [-0.2, 0) is 0 Å². The minimum atomic E-state index is 0.460. The predicted molar refractivity (Wildman–Crippen MR) is 64.4 cm³/mol. The second kappa shape index (κ2) is 4.63. The number of piperidine rings is 1. The zero-order valence-corrected chi connectivity index (χ0v) is 9.58. The molecule has 1 saturated heterocycles. The second-order valence-electron chi connectivity index (χ2n) is 4.28. The van der Waals surface area contributed by atoms with Gasteiger partial charge < -0.3 is 5.32 Å². The van der Waals surface area contributed by atoms with Crippen molar-refractivity contribution < 1.29 is 0 Å². The summed E-state index contributed by atoms with van der Waals surface area (Å²) in [6.07, 6.45) is 7.66. The van der Waals surface area contributed by atoms with Crippen molar-refractivity contribution in [3.05, 3.63) is 30.7 Å². The number of pyridine rings is 1. The average Bonchev–Trinajstić information content (AvgIpc) is 2.90. The van der Waals surface area contributed by atoms with Crippen molar-refractivity contribution in [2.75, 3.05) is 13.1 Å². The molecule has 17 heavy (non-hydrogen) atoms. The van der Waals surface area contributed by atoms with Crippen molar-refractivity contribution in [1.82, 2.24) is 25.3 Å². The van der Waals surface area contributed by atoms with E-state index in [2.05, 4.69) is 25.3 Å². The lowest BCUT2D eigenvalue weighted by Gasteiger charge is -2.23. The maximum absolute atomic E-state index is 4.23. The van der Waals surface area contributed by atoms with Gasteiger partial charge in [-0.15, -0.1) is 5.10 Å². The van der Waals surface area contributed by atoms with Crippen molar-refractivity contribution in [2.24, 2.45) is 0 Å². The Morgan fingerprint density at radius 2 is 1.94 bits per heavy atom. The van der Waals surface area contributed by atoms with Gasteiger partial charge in [0.15, 0.2) is 0 Å². The van der Waals surface area contributed by atoms with Gasteiger partial charge in [0.2, 0.25) is 0 Å². The first-order valence-electron chi connectivity index (χ1n) is 5.96. The quantitative estimate of drug-likeness (QED) is 0.842. The van der Waals surface area contributed by atoms with Crippen LogP contribution in [0, 0.1) is 0 Å². The van der Waals surface area contributed by atoms with Gasteiger partial charge in [0, 0.05) is 18.0 Å². The third kappa shape index (κ3) is 2.06. The van der Waals surface area contributed by atoms with E-state index in [4.69, 9.17) is 0 Å². The Hall–Kier alpha value is -1.75. The maximum atomic E-state index is 4.23. The SMILES string of the molecule is c1cc(-c2cnnn2C2CCNCC2)ccn1. The third-order valence-electron chi connectivity index (χ3n) is 3.21. The molecular weight excluding hydrogens is 214 g/mol. The summed E-state index contributed by atoms with van der Waals surface area (Å²) in [7, 11) is 0. The van der Waals surface area contributed by atoms with Crippen LogP contribution in [0.3, 0.4) is 0 Å². The first-order valence-corrected chi connectivity index (χ1v) is 5.96. The number of aromatic nitrogens is 4. The van der Waals surface area contributed by atoms with E-state index in [1.54, 1.807) is 12.4 Å². The normalized spacial score (nSPS) is 17.2. The molecule has 1 N–H and O–H groups in total. The molecule has 1 aliphatic rings. The van der Waals surface area contributed by atoms with Crippen LogP contribution in [0.1, 0.15) is 18.9 Å². The Kier molecular flexibility index (Phi) is 2.83. The Balaban J connectivity index is 1.93. The minimum absolute atomic E-state index is 0.460. The summed E-state index contributed by atoms with van der Waals surface area (Å²) in [5, 5.41) is 11.6. The molecule has 5 nitrogen and oxygen atoms in total. The van der Waals surface area contributed by atoms with E-state index in [1.807, 2.05) is 18.3 Å². The van der Waals surface area contributed by atoms with Gasteiger partial charge in [-0.3, -0.25) is 4.98 Å². The first-order chi connectivity index (χ1) is 8.45. The molecule has 0 amide bonds. The van der Waals surface area contributed by atoms with Gasteiger partial charge in [-0.1, -0.05) is 5.21 Å². The van der Waals surface area contributed by atoms with Gasteiger partial charge in [-0.25, -0.2) is 4.68 Å². The van der Waals surface area contributed by atoms with E-state index in [-0.39, 0.29) is 0 Å². The van der Waals surface area contributed by atoms with Crippen LogP contribution < -0.4 is 5.32 Å². The van der Waals surface area contributed by atoms with E-state index >= 15 is 0 Å². The molecule has 0 bridgehead atoms. The number of nitrogens with zero attached hydrogens (tertiary/aromatic N) is 4. The van der Waals surface area contributed by atoms with E-state index in [9.17, 15) is 0 Å². The fourth-order valence-corrected chi connectivity index (χ4v) is 2.29. The van der Waals surface area contributed by atoms with Gasteiger partial charge in [-0.05, 0) is 38.1 Å². The molecular formula is C12H15N5. The lowest BCUT2D eigenvalue weighted by atomic mass is 10.1. The molecule has 3 rings (SSSR count). The van der Waals surface area contributed by atoms with Crippen molar-refractivity contribution >= 4 is 0 Å². The molecule has 1 aliphatic heterocycles. The highest BCUT2D eigenvalue weighted by molar-refractivity contribution is 5.57. The maximum Gasteiger partial charge on any atom is 0.0889 e. The van der Waals surface area contributed by atoms with Crippen LogP contribution in [-0.4, -0.2) is 33.1 Å². The average molecular weight is 229 g/mol. The van der Waals surface area contributed by atoms with Gasteiger partial charge in [-0.2, -0.15) is 0 Å². The fraction of sp³-hybridized carbons (Fsp3) is 0.417. The van der Waals surface area contributed by atoms with Gasteiger partial charge in [0.1, 0.15) is 0 Å². The van der Waals surface area contributed by atoms with Crippen LogP contribution in [0.5, 0.6) is 0 Å². The summed E-state index contributed by atoms with van der Waals surface area (Å²) in [5.41, 5.74) is 2.21. The van der Waals surface area contributed by atoms with Crippen LogP contribution >= 0.6 is 0 Å². The molecule has 5 heteroatoms. The van der Waals surface area contributed by atoms with E-state index in [0.29, 0.717) is 6.04 Å². The van der Waals surface area contributed by atoms with Crippen LogP contribution in [0.4, 0.5) is 0 Å². The molecule has 2 aromatic rings. The largest absolute Gasteiger partial charge is 0.317 e. The minimum Gasteiger partial charge on any atom is -0.317 e. The standard InChI is InChI=1S/C12H15N5/c1-5-13-6-2-10(1)12-9-15-16-17(12)11-3-7-14-8-4-11/h1-2,5-6,9,11,14H,3-4,7-8H2. The van der Waals surface area contributed by atoms with Crippen molar-refractivity contribution in [3.63, 3.8) is 0 Å². The monoisotopic (exact) mass is 229 g/mol. The van der Waals surface area contributed by atoms with E-state index in [0.717, 1.165) is 37.2 Å². The number of hydrogen-bond acceptors (Lipinski definition) is 4. The summed E-state index contributed by atoms with van der Waals surface area (Å²) in [5.74, 6) is 0. The molecule has 3 heterocycles. The van der Waals surface area contributed by atoms with Crippen molar-refractivity contribution in [1.29, 1.82) is 0 Å². The first kappa shape index (κ1) is 10.4. The zero-order chi connectivity index (χ0) is 11.5. The van der Waals surface area contributed by atoms with Crippen LogP contribution in [0.15, 0.2) is 30.7 Å². The van der Waals surface area contributed by atoms with Gasteiger partial charge in [0.25, 0.3) is 0 Å². The summed E-state index contributed by atoms with van der Waals surface area (Å²) >= 11 is 0. The van der Waals surface area contributed by atoms with E-state index in [1.165, 1.54) is 0 Å². The lowest BCUT2D eigenvalue weighted by molar-refractivity contribution is 0.340. The summed E-state index contributed by atoms with van der Waals surface area (Å²) in [6.45, 7) is 2.11. The van der Waals surface area contributed by atoms with Gasteiger partial charge >= 0.3 is 0 Å². The lowest BCUT2D eigenvalue weighted by Crippen LogP contribution is -2.30. The molecule has 0 unspecified atom stereocenters. The fourth-order valence-electron chi connectivity index (χ4n) is 2.29. The number of hydrogen-bond donors (Lipinski definition) is 1. The molecule has 0 spiro atoms. The predicted octanol–water partition coefficient (Wildman–Crippen LogP) is 1.26. The Labute approximate surface area is 99.9 Å². The smallest absolute Gasteiger partial charge is 0.0889 e. The molecule has 88 valence electrons. The molecule has 0 saturated carbocycles. The zero-order valence-electron chi connectivity index (χ0n) is 9.58. The number of rotatable bonds is 2. The molecule has 0 atom stereocenters. The highest BCUT2D eigenvalue weighted by Gasteiger charge is 2.19. The Bertz CT molecular complexity index is 473. The summed E-state index contributed by atoms with van der Waals surface area (Å²) in [4.78, 5) is 4.04.